The van der Waals surface area contributed by atoms with Crippen molar-refractivity contribution in [2.75, 3.05) is 16.8 Å². The first-order valence-electron chi connectivity index (χ1n) is 9.83. The van der Waals surface area contributed by atoms with Crippen molar-refractivity contribution >= 4 is 35.1 Å². The quantitative estimate of drug-likeness (QED) is 0.671. The molecule has 1 aromatic heterocycles. The van der Waals surface area contributed by atoms with Crippen LogP contribution in [-0.4, -0.2) is 45.6 Å². The minimum absolute atomic E-state index is 0.0106. The molecule has 160 valence electrons. The number of amides is 2. The molecule has 4 atom stereocenters. The molecule has 30 heavy (non-hydrogen) atoms. The van der Waals surface area contributed by atoms with Crippen molar-refractivity contribution < 1.29 is 14.7 Å². The maximum absolute atomic E-state index is 12.5. The molecule has 2 aromatic rings. The van der Waals surface area contributed by atoms with E-state index in [1.165, 1.54) is 19.3 Å². The Balaban J connectivity index is 2.02. The third-order valence-corrected chi connectivity index (χ3v) is 5.58. The fourth-order valence-corrected chi connectivity index (χ4v) is 3.81. The topological polar surface area (TPSA) is 107 Å². The summed E-state index contributed by atoms with van der Waals surface area (Å²) < 4.78 is 0. The number of hydrogen-bond acceptors (Lipinski definition) is 6. The number of rotatable bonds is 5. The summed E-state index contributed by atoms with van der Waals surface area (Å²) in [6, 6.07) is 4.95. The first-order valence-corrected chi connectivity index (χ1v) is 10.2. The Morgan fingerprint density at radius 2 is 1.93 bits per heavy atom. The SMILES string of the molecule is CC(=O)N1c2ccc(C(=O)NCC(C)O)cc2C(Nc2ncc(Cl)cn2)C(C)C1C. The summed E-state index contributed by atoms with van der Waals surface area (Å²) >= 11 is 5.89. The molecule has 2 amide bonds. The summed E-state index contributed by atoms with van der Waals surface area (Å²) in [5.74, 6) is 0.0648. The lowest BCUT2D eigenvalue weighted by molar-refractivity contribution is -0.117. The van der Waals surface area contributed by atoms with Gasteiger partial charge in [0.1, 0.15) is 0 Å². The van der Waals surface area contributed by atoms with Crippen molar-refractivity contribution in [3.63, 3.8) is 0 Å². The molecule has 3 N–H and O–H groups in total. The number of aliphatic hydroxyl groups excluding tert-OH is 1. The fraction of sp³-hybridized carbons (Fsp3) is 0.429. The number of anilines is 2. The average molecular weight is 432 g/mol. The van der Waals surface area contributed by atoms with Crippen LogP contribution in [0.15, 0.2) is 30.6 Å². The predicted molar refractivity (Wildman–Crippen MR) is 116 cm³/mol. The van der Waals surface area contributed by atoms with E-state index in [0.717, 1.165) is 11.3 Å². The zero-order valence-corrected chi connectivity index (χ0v) is 18.1. The van der Waals surface area contributed by atoms with Crippen molar-refractivity contribution in [1.82, 2.24) is 15.3 Å². The van der Waals surface area contributed by atoms with Gasteiger partial charge >= 0.3 is 0 Å². The van der Waals surface area contributed by atoms with Gasteiger partial charge in [-0.2, -0.15) is 0 Å². The Bertz CT molecular complexity index is 935. The maximum Gasteiger partial charge on any atom is 0.251 e. The van der Waals surface area contributed by atoms with Crippen LogP contribution in [0.3, 0.4) is 0 Å². The number of carbonyl (C=O) groups excluding carboxylic acids is 2. The number of hydrogen-bond donors (Lipinski definition) is 3. The Labute approximate surface area is 180 Å². The average Bonchev–Trinajstić information content (AvgIpc) is 2.70. The lowest BCUT2D eigenvalue weighted by Crippen LogP contribution is -2.48. The van der Waals surface area contributed by atoms with Gasteiger partial charge in [0.25, 0.3) is 5.91 Å². The maximum atomic E-state index is 12.5. The highest BCUT2D eigenvalue weighted by molar-refractivity contribution is 6.30. The molecule has 0 spiro atoms. The lowest BCUT2D eigenvalue weighted by Gasteiger charge is -2.44. The summed E-state index contributed by atoms with van der Waals surface area (Å²) in [5.41, 5.74) is 1.99. The number of halogens is 1. The minimum Gasteiger partial charge on any atom is -0.392 e. The highest BCUT2D eigenvalue weighted by Crippen LogP contribution is 2.42. The van der Waals surface area contributed by atoms with Gasteiger partial charge < -0.3 is 20.6 Å². The summed E-state index contributed by atoms with van der Waals surface area (Å²) in [5, 5.41) is 15.9. The van der Waals surface area contributed by atoms with Crippen molar-refractivity contribution in [3.05, 3.63) is 46.7 Å². The molecule has 3 rings (SSSR count). The molecule has 0 saturated carbocycles. The number of aliphatic hydroxyl groups is 1. The normalized spacial score (nSPS) is 21.5. The van der Waals surface area contributed by atoms with Crippen LogP contribution in [0.2, 0.25) is 5.02 Å². The van der Waals surface area contributed by atoms with Gasteiger partial charge in [0, 0.05) is 36.7 Å². The van der Waals surface area contributed by atoms with E-state index in [1.807, 2.05) is 13.8 Å². The van der Waals surface area contributed by atoms with E-state index in [4.69, 9.17) is 11.6 Å². The van der Waals surface area contributed by atoms with Gasteiger partial charge in [-0.25, -0.2) is 9.97 Å². The summed E-state index contributed by atoms with van der Waals surface area (Å²) in [7, 11) is 0. The molecule has 1 aromatic carbocycles. The van der Waals surface area contributed by atoms with E-state index < -0.39 is 6.10 Å². The van der Waals surface area contributed by atoms with E-state index in [9.17, 15) is 14.7 Å². The molecule has 9 heteroatoms. The van der Waals surface area contributed by atoms with Gasteiger partial charge in [-0.1, -0.05) is 18.5 Å². The Morgan fingerprint density at radius 1 is 1.27 bits per heavy atom. The fourth-order valence-electron chi connectivity index (χ4n) is 3.71. The molecule has 1 aliphatic rings. The number of benzene rings is 1. The Morgan fingerprint density at radius 3 is 2.53 bits per heavy atom. The molecule has 0 radical (unpaired) electrons. The third kappa shape index (κ3) is 4.55. The smallest absolute Gasteiger partial charge is 0.251 e. The van der Waals surface area contributed by atoms with Gasteiger partial charge in [0.2, 0.25) is 11.9 Å². The van der Waals surface area contributed by atoms with Crippen LogP contribution in [0, 0.1) is 5.92 Å². The Hall–Kier alpha value is -2.71. The number of carbonyl (C=O) groups is 2. The molecular formula is C21H26ClN5O3. The van der Waals surface area contributed by atoms with Gasteiger partial charge in [-0.15, -0.1) is 0 Å². The molecule has 1 aliphatic heterocycles. The van der Waals surface area contributed by atoms with Gasteiger partial charge in [-0.3, -0.25) is 9.59 Å². The zero-order chi connectivity index (χ0) is 22.0. The highest BCUT2D eigenvalue weighted by Gasteiger charge is 2.38. The van der Waals surface area contributed by atoms with Crippen LogP contribution in [0.1, 0.15) is 49.7 Å². The van der Waals surface area contributed by atoms with Crippen molar-refractivity contribution in [3.8, 4) is 0 Å². The third-order valence-electron chi connectivity index (χ3n) is 5.38. The second kappa shape index (κ2) is 8.97. The molecule has 2 heterocycles. The second-order valence-electron chi connectivity index (χ2n) is 7.67. The van der Waals surface area contributed by atoms with E-state index in [2.05, 4.69) is 20.6 Å². The van der Waals surface area contributed by atoms with Gasteiger partial charge in [0.15, 0.2) is 0 Å². The molecule has 0 fully saturated rings. The van der Waals surface area contributed by atoms with Crippen LogP contribution in [0.25, 0.3) is 0 Å². The number of aromatic nitrogens is 2. The monoisotopic (exact) mass is 431 g/mol. The van der Waals surface area contributed by atoms with E-state index >= 15 is 0 Å². The van der Waals surface area contributed by atoms with Gasteiger partial charge in [0.05, 0.1) is 29.6 Å². The van der Waals surface area contributed by atoms with E-state index in [1.54, 1.807) is 30.0 Å². The zero-order valence-electron chi connectivity index (χ0n) is 17.4. The number of nitrogens with one attached hydrogen (secondary N) is 2. The summed E-state index contributed by atoms with van der Waals surface area (Å²) in [4.78, 5) is 35.1. The molecule has 0 aliphatic carbocycles. The first-order chi connectivity index (χ1) is 14.2. The number of nitrogens with zero attached hydrogens (tertiary/aromatic N) is 3. The Kier molecular flexibility index (Phi) is 6.58. The van der Waals surface area contributed by atoms with Crippen LogP contribution in [0.4, 0.5) is 11.6 Å². The molecule has 4 unspecified atom stereocenters. The molecule has 8 nitrogen and oxygen atoms in total. The second-order valence-corrected chi connectivity index (χ2v) is 8.10. The largest absolute Gasteiger partial charge is 0.392 e. The van der Waals surface area contributed by atoms with Crippen LogP contribution in [0.5, 0.6) is 0 Å². The molecular weight excluding hydrogens is 406 g/mol. The van der Waals surface area contributed by atoms with E-state index in [-0.39, 0.29) is 36.4 Å². The lowest BCUT2D eigenvalue weighted by atomic mass is 9.82. The first kappa shape index (κ1) is 22.0. The molecule has 0 saturated heterocycles. The van der Waals surface area contributed by atoms with Crippen molar-refractivity contribution in [2.24, 2.45) is 5.92 Å². The van der Waals surface area contributed by atoms with Crippen LogP contribution < -0.4 is 15.5 Å². The standard InChI is InChI=1S/C21H26ClN5O3/c1-11(28)8-23-20(30)15-5-6-18-17(7-15)19(12(2)13(3)27(18)14(4)29)26-21-24-9-16(22)10-25-21/h5-7,9-13,19,28H,8H2,1-4H3,(H,23,30)(H,24,25,26). The van der Waals surface area contributed by atoms with E-state index in [0.29, 0.717) is 16.5 Å². The van der Waals surface area contributed by atoms with Crippen LogP contribution >= 0.6 is 11.6 Å². The van der Waals surface area contributed by atoms with Gasteiger partial charge in [-0.05, 0) is 37.6 Å². The summed E-state index contributed by atoms with van der Waals surface area (Å²) in [6.45, 7) is 7.33. The summed E-state index contributed by atoms with van der Waals surface area (Å²) in [6.07, 6.45) is 2.38. The van der Waals surface area contributed by atoms with Crippen molar-refractivity contribution in [1.29, 1.82) is 0 Å². The predicted octanol–water partition coefficient (Wildman–Crippen LogP) is 2.78. The minimum atomic E-state index is -0.642. The molecule has 0 bridgehead atoms. The van der Waals surface area contributed by atoms with Crippen LogP contribution in [-0.2, 0) is 4.79 Å². The number of fused-ring (bicyclic) bond motifs is 1. The van der Waals surface area contributed by atoms with Crippen molar-refractivity contribution in [2.45, 2.75) is 45.9 Å². The highest BCUT2D eigenvalue weighted by atomic mass is 35.5.